The molecule has 3 N–H and O–H groups in total. The molecule has 0 saturated heterocycles. The van der Waals surface area contributed by atoms with Crippen molar-refractivity contribution < 1.29 is 9.21 Å². The lowest BCUT2D eigenvalue weighted by atomic mass is 10.1. The van der Waals surface area contributed by atoms with Gasteiger partial charge in [0.2, 0.25) is 5.89 Å². The number of carbonyl (C=O) groups excluding carboxylic acids is 1. The third-order valence-corrected chi connectivity index (χ3v) is 5.51. The van der Waals surface area contributed by atoms with Crippen molar-refractivity contribution >= 4 is 23.2 Å². The van der Waals surface area contributed by atoms with Crippen LogP contribution in [0.25, 0.3) is 28.5 Å². The van der Waals surface area contributed by atoms with Crippen molar-refractivity contribution in [3.63, 3.8) is 0 Å². The Morgan fingerprint density at radius 1 is 1.11 bits per heavy atom. The number of aromatic nitrogens is 6. The van der Waals surface area contributed by atoms with Gasteiger partial charge in [-0.1, -0.05) is 6.07 Å². The highest BCUT2D eigenvalue weighted by Gasteiger charge is 2.22. The smallest absolute Gasteiger partial charge is 0.273 e. The fourth-order valence-electron chi connectivity index (χ4n) is 3.66. The summed E-state index contributed by atoms with van der Waals surface area (Å²) in [6.45, 7) is 2.87. The molecule has 0 bridgehead atoms. The number of amides is 1. The molecule has 0 radical (unpaired) electrons. The van der Waals surface area contributed by atoms with E-state index in [4.69, 9.17) is 10.2 Å². The molecule has 0 aliphatic carbocycles. The second-order valence-corrected chi connectivity index (χ2v) is 7.90. The average molecular weight is 470 g/mol. The van der Waals surface area contributed by atoms with Gasteiger partial charge in [-0.2, -0.15) is 0 Å². The van der Waals surface area contributed by atoms with E-state index in [-0.39, 0.29) is 17.4 Å². The normalized spacial score (nSPS) is 11.0. The molecule has 11 nitrogen and oxygen atoms in total. The zero-order valence-corrected chi connectivity index (χ0v) is 19.2. The lowest BCUT2D eigenvalue weighted by Gasteiger charge is -2.18. The van der Waals surface area contributed by atoms with Crippen LogP contribution in [0.2, 0.25) is 0 Å². The number of likely N-dealkylation sites (N-methyl/N-ethyl adjacent to an activating group) is 1. The number of nitrogens with one attached hydrogen (secondary N) is 1. The van der Waals surface area contributed by atoms with E-state index in [2.05, 4.69) is 30.2 Å². The van der Waals surface area contributed by atoms with Crippen molar-refractivity contribution in [3.8, 4) is 22.8 Å². The topological polar surface area (TPSA) is 140 Å². The third-order valence-electron chi connectivity index (χ3n) is 5.51. The summed E-state index contributed by atoms with van der Waals surface area (Å²) in [6, 6.07) is 9.39. The molecular weight excluding hydrogens is 446 g/mol. The Morgan fingerprint density at radius 3 is 2.77 bits per heavy atom. The summed E-state index contributed by atoms with van der Waals surface area (Å²) in [5.74, 6) is 0.622. The molecule has 1 amide bonds. The second-order valence-electron chi connectivity index (χ2n) is 7.90. The molecule has 0 spiro atoms. The fourth-order valence-corrected chi connectivity index (χ4v) is 3.66. The zero-order chi connectivity index (χ0) is 24.4. The Balaban J connectivity index is 1.45. The second kappa shape index (κ2) is 9.21. The van der Waals surface area contributed by atoms with Gasteiger partial charge in [0.15, 0.2) is 17.2 Å². The Hall–Kier alpha value is -4.80. The highest BCUT2D eigenvalue weighted by Crippen LogP contribution is 2.30. The molecule has 0 atom stereocenters. The Labute approximate surface area is 200 Å². The van der Waals surface area contributed by atoms with Crippen LogP contribution in [0.4, 0.5) is 11.6 Å². The molecular formula is C24H23N9O2. The maximum atomic E-state index is 13.0. The van der Waals surface area contributed by atoms with Crippen LogP contribution in [-0.2, 0) is 0 Å². The van der Waals surface area contributed by atoms with Crippen LogP contribution < -0.4 is 16.0 Å². The molecule has 0 aliphatic rings. The van der Waals surface area contributed by atoms with Crippen molar-refractivity contribution in [1.29, 1.82) is 0 Å². The van der Waals surface area contributed by atoms with E-state index in [1.165, 1.54) is 12.5 Å². The van der Waals surface area contributed by atoms with E-state index in [1.807, 2.05) is 59.8 Å². The Kier molecular flexibility index (Phi) is 5.80. The average Bonchev–Trinajstić information content (AvgIpc) is 3.54. The minimum absolute atomic E-state index is 0.0163. The number of fused-ring (bicyclic) bond motifs is 1. The predicted molar refractivity (Wildman–Crippen MR) is 131 cm³/mol. The van der Waals surface area contributed by atoms with Crippen LogP contribution in [0.15, 0.2) is 65.8 Å². The summed E-state index contributed by atoms with van der Waals surface area (Å²) < 4.78 is 7.40. The molecule has 5 aromatic heterocycles. The van der Waals surface area contributed by atoms with Gasteiger partial charge in [-0.25, -0.2) is 24.9 Å². The van der Waals surface area contributed by atoms with Gasteiger partial charge in [-0.3, -0.25) is 4.79 Å². The van der Waals surface area contributed by atoms with Crippen molar-refractivity contribution in [2.45, 2.75) is 6.92 Å². The minimum atomic E-state index is -0.426. The van der Waals surface area contributed by atoms with Crippen molar-refractivity contribution in [3.05, 3.63) is 72.8 Å². The van der Waals surface area contributed by atoms with Crippen LogP contribution in [-0.4, -0.2) is 55.4 Å². The molecule has 0 unspecified atom stereocenters. The van der Waals surface area contributed by atoms with Crippen LogP contribution in [0.5, 0.6) is 0 Å². The molecule has 5 aromatic rings. The van der Waals surface area contributed by atoms with Crippen LogP contribution in [0, 0.1) is 6.92 Å². The van der Waals surface area contributed by atoms with Crippen molar-refractivity contribution in [2.75, 3.05) is 30.8 Å². The molecule has 0 saturated carbocycles. The van der Waals surface area contributed by atoms with Gasteiger partial charge in [0, 0.05) is 50.0 Å². The number of pyridine rings is 2. The van der Waals surface area contributed by atoms with E-state index in [1.54, 1.807) is 12.4 Å². The first-order chi connectivity index (χ1) is 17.0. The maximum Gasteiger partial charge on any atom is 0.273 e. The van der Waals surface area contributed by atoms with Gasteiger partial charge in [-0.15, -0.1) is 0 Å². The van der Waals surface area contributed by atoms with Crippen LogP contribution in [0.1, 0.15) is 16.2 Å². The number of aryl methyl sites for hydroxylation is 1. The van der Waals surface area contributed by atoms with Gasteiger partial charge in [0.05, 0.1) is 6.20 Å². The number of carbonyl (C=O) groups is 1. The summed E-state index contributed by atoms with van der Waals surface area (Å²) in [7, 11) is 1.90. The number of hydrogen-bond acceptors (Lipinski definition) is 9. The minimum Gasteiger partial charge on any atom is -0.443 e. The molecule has 0 aromatic carbocycles. The fraction of sp³-hybridized carbons (Fsp3) is 0.167. The van der Waals surface area contributed by atoms with Gasteiger partial charge in [-0.05, 0) is 31.2 Å². The summed E-state index contributed by atoms with van der Waals surface area (Å²) in [6.07, 6.45) is 8.34. The standard InChI is InChI=1S/C24H23N9O2/c1-15-13-29-18-7-6-16(14-33(15)18)19-20(24-28-10-12-35-24)31-22(25)21(30-19)23(34)27-9-11-32(2)17-5-3-4-8-26-17/h3-8,10,12-14H,9,11H2,1-2H3,(H2,25,31)(H,27,34). The highest BCUT2D eigenvalue weighted by molar-refractivity contribution is 5.97. The molecule has 5 rings (SSSR count). The Bertz CT molecular complexity index is 1480. The predicted octanol–water partition coefficient (Wildman–Crippen LogP) is 2.60. The van der Waals surface area contributed by atoms with Crippen molar-refractivity contribution in [1.82, 2.24) is 34.6 Å². The first-order valence-electron chi connectivity index (χ1n) is 10.9. The lowest BCUT2D eigenvalue weighted by molar-refractivity contribution is 0.0950. The van der Waals surface area contributed by atoms with Gasteiger partial charge < -0.3 is 24.8 Å². The quantitative estimate of drug-likeness (QED) is 0.368. The Morgan fingerprint density at radius 2 is 2.00 bits per heavy atom. The molecule has 0 aliphatic heterocycles. The number of rotatable bonds is 7. The summed E-state index contributed by atoms with van der Waals surface area (Å²) in [5, 5.41) is 2.86. The first-order valence-corrected chi connectivity index (χ1v) is 10.9. The molecule has 35 heavy (non-hydrogen) atoms. The summed E-state index contributed by atoms with van der Waals surface area (Å²) >= 11 is 0. The van der Waals surface area contributed by atoms with E-state index in [0.29, 0.717) is 30.0 Å². The maximum absolute atomic E-state index is 13.0. The zero-order valence-electron chi connectivity index (χ0n) is 19.2. The van der Waals surface area contributed by atoms with E-state index in [9.17, 15) is 4.79 Å². The lowest BCUT2D eigenvalue weighted by Crippen LogP contribution is -2.34. The highest BCUT2D eigenvalue weighted by atomic mass is 16.3. The van der Waals surface area contributed by atoms with Gasteiger partial charge in [0.25, 0.3) is 5.91 Å². The number of nitrogen functional groups attached to an aromatic ring is 1. The summed E-state index contributed by atoms with van der Waals surface area (Å²) in [5.41, 5.74) is 9.41. The number of nitrogens with two attached hydrogens (primary N) is 1. The monoisotopic (exact) mass is 469 g/mol. The number of nitrogens with zero attached hydrogens (tertiary/aromatic N) is 7. The van der Waals surface area contributed by atoms with Crippen molar-refractivity contribution in [2.24, 2.45) is 0 Å². The summed E-state index contributed by atoms with van der Waals surface area (Å²) in [4.78, 5) is 36.9. The first kappa shape index (κ1) is 22.0. The van der Waals surface area contributed by atoms with E-state index >= 15 is 0 Å². The van der Waals surface area contributed by atoms with E-state index in [0.717, 1.165) is 17.2 Å². The third kappa shape index (κ3) is 4.38. The van der Waals surface area contributed by atoms with E-state index < -0.39 is 5.91 Å². The largest absolute Gasteiger partial charge is 0.443 e. The van der Waals surface area contributed by atoms with Gasteiger partial charge in [0.1, 0.15) is 23.4 Å². The molecule has 176 valence electrons. The van der Waals surface area contributed by atoms with Gasteiger partial charge >= 0.3 is 0 Å². The molecule has 0 fully saturated rings. The van der Waals surface area contributed by atoms with Crippen LogP contribution >= 0.6 is 0 Å². The molecule has 11 heteroatoms. The number of oxazole rings is 1. The number of hydrogen-bond donors (Lipinski definition) is 2. The molecule has 5 heterocycles. The number of anilines is 2. The SMILES string of the molecule is Cc1cnc2ccc(-c3nc(C(=O)NCCN(C)c4ccccn4)c(N)nc3-c3ncco3)cn12. The number of imidazole rings is 1. The van der Waals surface area contributed by atoms with Crippen LogP contribution in [0.3, 0.4) is 0 Å².